The third-order valence-electron chi connectivity index (χ3n) is 3.61. The summed E-state index contributed by atoms with van der Waals surface area (Å²) in [6.07, 6.45) is 2.42. The van der Waals surface area contributed by atoms with Crippen LogP contribution in [0.25, 0.3) is 0 Å². The highest BCUT2D eigenvalue weighted by atomic mass is 14.9. The largest absolute Gasteiger partial charge is 0.313 e. The quantitative estimate of drug-likeness (QED) is 0.795. The molecule has 3 heteroatoms. The van der Waals surface area contributed by atoms with Crippen molar-refractivity contribution >= 4 is 0 Å². The lowest BCUT2D eigenvalue weighted by Gasteiger charge is -2.11. The highest BCUT2D eigenvalue weighted by molar-refractivity contribution is 5.26. The first-order chi connectivity index (χ1) is 8.13. The number of hydrogen-bond acceptors (Lipinski definition) is 3. The van der Waals surface area contributed by atoms with E-state index in [1.54, 1.807) is 0 Å². The molecule has 0 amide bonds. The Balaban J connectivity index is 2.11. The molecule has 0 saturated heterocycles. The van der Waals surface area contributed by atoms with Gasteiger partial charge in [-0.15, -0.1) is 0 Å². The standard InChI is InChI=1S/C14H23N3/c1-5-6-15-8-13-10(3)16-14(17-11(13)4)12-7-9(12)2/h9,12,15H,5-8H2,1-4H3. The molecule has 1 heterocycles. The molecule has 0 aliphatic heterocycles. The highest BCUT2D eigenvalue weighted by Crippen LogP contribution is 2.45. The number of aryl methyl sites for hydroxylation is 2. The van der Waals surface area contributed by atoms with Crippen LogP contribution in [0.15, 0.2) is 0 Å². The van der Waals surface area contributed by atoms with Gasteiger partial charge in [0.1, 0.15) is 5.82 Å². The minimum Gasteiger partial charge on any atom is -0.313 e. The van der Waals surface area contributed by atoms with Gasteiger partial charge in [0.25, 0.3) is 0 Å². The van der Waals surface area contributed by atoms with Crippen molar-refractivity contribution in [1.82, 2.24) is 15.3 Å². The number of aromatic nitrogens is 2. The average molecular weight is 233 g/mol. The summed E-state index contributed by atoms with van der Waals surface area (Å²) in [5.41, 5.74) is 3.57. The van der Waals surface area contributed by atoms with E-state index < -0.39 is 0 Å². The second-order valence-electron chi connectivity index (χ2n) is 5.23. The maximum absolute atomic E-state index is 4.67. The van der Waals surface area contributed by atoms with Crippen molar-refractivity contribution in [1.29, 1.82) is 0 Å². The smallest absolute Gasteiger partial charge is 0.132 e. The lowest BCUT2D eigenvalue weighted by atomic mass is 10.1. The Labute approximate surface area is 104 Å². The zero-order valence-electron chi connectivity index (χ0n) is 11.4. The Kier molecular flexibility index (Phi) is 3.77. The van der Waals surface area contributed by atoms with E-state index in [1.807, 2.05) is 0 Å². The fourth-order valence-corrected chi connectivity index (χ4v) is 2.26. The molecule has 1 aromatic rings. The number of hydrogen-bond donors (Lipinski definition) is 1. The lowest BCUT2D eigenvalue weighted by Crippen LogP contribution is -2.17. The summed E-state index contributed by atoms with van der Waals surface area (Å²) in [7, 11) is 0. The van der Waals surface area contributed by atoms with E-state index in [0.29, 0.717) is 5.92 Å². The van der Waals surface area contributed by atoms with Gasteiger partial charge in [-0.3, -0.25) is 0 Å². The molecule has 2 rings (SSSR count). The van der Waals surface area contributed by atoms with Crippen LogP contribution in [-0.2, 0) is 6.54 Å². The number of nitrogens with zero attached hydrogens (tertiary/aromatic N) is 2. The monoisotopic (exact) mass is 233 g/mol. The summed E-state index contributed by atoms with van der Waals surface area (Å²) in [5.74, 6) is 2.45. The van der Waals surface area contributed by atoms with E-state index >= 15 is 0 Å². The first-order valence-corrected chi connectivity index (χ1v) is 6.68. The van der Waals surface area contributed by atoms with Crippen LogP contribution >= 0.6 is 0 Å². The molecule has 0 radical (unpaired) electrons. The molecule has 2 atom stereocenters. The first-order valence-electron chi connectivity index (χ1n) is 6.68. The zero-order valence-corrected chi connectivity index (χ0v) is 11.4. The number of rotatable bonds is 5. The molecule has 3 nitrogen and oxygen atoms in total. The number of nitrogens with one attached hydrogen (secondary N) is 1. The van der Waals surface area contributed by atoms with Crippen LogP contribution in [0.5, 0.6) is 0 Å². The predicted octanol–water partition coefficient (Wildman–Crippen LogP) is 2.72. The molecular weight excluding hydrogens is 210 g/mol. The molecule has 1 saturated carbocycles. The topological polar surface area (TPSA) is 37.8 Å². The van der Waals surface area contributed by atoms with Crippen LogP contribution < -0.4 is 5.32 Å². The van der Waals surface area contributed by atoms with Crippen molar-refractivity contribution in [2.75, 3.05) is 6.54 Å². The van der Waals surface area contributed by atoms with Crippen molar-refractivity contribution < 1.29 is 0 Å². The van der Waals surface area contributed by atoms with Crippen LogP contribution in [0.3, 0.4) is 0 Å². The summed E-state index contributed by atoms with van der Waals surface area (Å²) < 4.78 is 0. The Bertz CT molecular complexity index is 377. The second kappa shape index (κ2) is 5.13. The molecule has 0 aromatic carbocycles. The fraction of sp³-hybridized carbons (Fsp3) is 0.714. The van der Waals surface area contributed by atoms with Crippen molar-refractivity contribution in [3.63, 3.8) is 0 Å². The third kappa shape index (κ3) is 2.83. The van der Waals surface area contributed by atoms with E-state index in [2.05, 4.69) is 43.0 Å². The summed E-state index contributed by atoms with van der Waals surface area (Å²) in [6, 6.07) is 0. The van der Waals surface area contributed by atoms with Gasteiger partial charge in [0.15, 0.2) is 0 Å². The van der Waals surface area contributed by atoms with Gasteiger partial charge in [-0.25, -0.2) is 9.97 Å². The van der Waals surface area contributed by atoms with Crippen LogP contribution in [0.4, 0.5) is 0 Å². The van der Waals surface area contributed by atoms with Gasteiger partial charge >= 0.3 is 0 Å². The van der Waals surface area contributed by atoms with Crippen LogP contribution in [0, 0.1) is 19.8 Å². The van der Waals surface area contributed by atoms with E-state index in [0.717, 1.165) is 42.6 Å². The molecule has 1 aliphatic rings. The maximum Gasteiger partial charge on any atom is 0.132 e. The fourth-order valence-electron chi connectivity index (χ4n) is 2.26. The predicted molar refractivity (Wildman–Crippen MR) is 70.0 cm³/mol. The lowest BCUT2D eigenvalue weighted by molar-refractivity contribution is 0.661. The molecule has 1 N–H and O–H groups in total. The van der Waals surface area contributed by atoms with Gasteiger partial charge in [-0.1, -0.05) is 13.8 Å². The third-order valence-corrected chi connectivity index (χ3v) is 3.61. The summed E-state index contributed by atoms with van der Waals surface area (Å²) in [4.78, 5) is 9.35. The van der Waals surface area contributed by atoms with Crippen molar-refractivity contribution in [3.05, 3.63) is 22.8 Å². The highest BCUT2D eigenvalue weighted by Gasteiger charge is 2.36. The molecule has 1 aliphatic carbocycles. The van der Waals surface area contributed by atoms with Crippen LogP contribution in [0.1, 0.15) is 55.4 Å². The minimum absolute atomic E-state index is 0.616. The van der Waals surface area contributed by atoms with Crippen LogP contribution in [-0.4, -0.2) is 16.5 Å². The van der Waals surface area contributed by atoms with Crippen molar-refractivity contribution in [3.8, 4) is 0 Å². The molecule has 17 heavy (non-hydrogen) atoms. The van der Waals surface area contributed by atoms with E-state index in [1.165, 1.54) is 12.0 Å². The molecular formula is C14H23N3. The normalized spacial score (nSPS) is 22.8. The molecule has 1 fully saturated rings. The molecule has 2 unspecified atom stereocenters. The SMILES string of the molecule is CCCNCc1c(C)nc(C2CC2C)nc1C. The molecule has 1 aromatic heterocycles. The van der Waals surface area contributed by atoms with Gasteiger partial charge in [0.2, 0.25) is 0 Å². The first kappa shape index (κ1) is 12.5. The van der Waals surface area contributed by atoms with E-state index in [9.17, 15) is 0 Å². The molecule has 0 bridgehead atoms. The van der Waals surface area contributed by atoms with E-state index in [-0.39, 0.29) is 0 Å². The summed E-state index contributed by atoms with van der Waals surface area (Å²) >= 11 is 0. The summed E-state index contributed by atoms with van der Waals surface area (Å²) in [5, 5.41) is 3.43. The van der Waals surface area contributed by atoms with Gasteiger partial charge in [0, 0.05) is 29.4 Å². The van der Waals surface area contributed by atoms with Gasteiger partial charge in [-0.05, 0) is 39.2 Å². The van der Waals surface area contributed by atoms with Gasteiger partial charge < -0.3 is 5.32 Å². The zero-order chi connectivity index (χ0) is 12.4. The van der Waals surface area contributed by atoms with Gasteiger partial charge in [-0.2, -0.15) is 0 Å². The Hall–Kier alpha value is -0.960. The Morgan fingerprint density at radius 1 is 1.24 bits per heavy atom. The minimum atomic E-state index is 0.616. The van der Waals surface area contributed by atoms with Crippen molar-refractivity contribution in [2.45, 2.75) is 53.0 Å². The van der Waals surface area contributed by atoms with Gasteiger partial charge in [0.05, 0.1) is 0 Å². The second-order valence-corrected chi connectivity index (χ2v) is 5.23. The Morgan fingerprint density at radius 3 is 2.29 bits per heavy atom. The maximum atomic E-state index is 4.67. The van der Waals surface area contributed by atoms with E-state index in [4.69, 9.17) is 0 Å². The van der Waals surface area contributed by atoms with Crippen LogP contribution in [0.2, 0.25) is 0 Å². The Morgan fingerprint density at radius 2 is 1.82 bits per heavy atom. The van der Waals surface area contributed by atoms with Crippen molar-refractivity contribution in [2.24, 2.45) is 5.92 Å². The molecule has 94 valence electrons. The summed E-state index contributed by atoms with van der Waals surface area (Å²) in [6.45, 7) is 10.6. The average Bonchev–Trinajstić information content (AvgIpc) is 2.99. The molecule has 0 spiro atoms.